The molecule has 2 rings (SSSR count). The van der Waals surface area contributed by atoms with Gasteiger partial charge in [-0.1, -0.05) is 6.42 Å². The van der Waals surface area contributed by atoms with E-state index in [-0.39, 0.29) is 0 Å². The van der Waals surface area contributed by atoms with Gasteiger partial charge in [-0.05, 0) is 39.8 Å². The van der Waals surface area contributed by atoms with E-state index in [1.807, 2.05) is 11.6 Å². The summed E-state index contributed by atoms with van der Waals surface area (Å²) >= 11 is 0. The Morgan fingerprint density at radius 3 is 2.30 bits per heavy atom. The zero-order valence-electron chi connectivity index (χ0n) is 12.8. The molecule has 0 atom stereocenters. The van der Waals surface area contributed by atoms with Crippen LogP contribution in [0.25, 0.3) is 0 Å². The van der Waals surface area contributed by atoms with Crippen LogP contribution < -0.4 is 0 Å². The van der Waals surface area contributed by atoms with E-state index in [2.05, 4.69) is 10.00 Å². The first-order chi connectivity index (χ1) is 9.34. The lowest BCUT2D eigenvalue weighted by molar-refractivity contribution is 0.171. The molecule has 1 aliphatic heterocycles. The maximum atomic E-state index is 12.3. The normalized spacial score (nSPS) is 17.9. The third-order valence-corrected chi connectivity index (χ3v) is 5.90. The Labute approximate surface area is 121 Å². The summed E-state index contributed by atoms with van der Waals surface area (Å²) in [6.07, 6.45) is 3.71. The summed E-state index contributed by atoms with van der Waals surface area (Å²) in [6.45, 7) is 6.40. The van der Waals surface area contributed by atoms with Crippen LogP contribution in [0.3, 0.4) is 0 Å². The molecule has 1 aromatic rings. The minimum Gasteiger partial charge on any atom is -0.284 e. The summed E-state index contributed by atoms with van der Waals surface area (Å²) in [6, 6.07) is 0. The Balaban J connectivity index is 2.29. The van der Waals surface area contributed by atoms with Crippen molar-refractivity contribution >= 4 is 10.0 Å². The zero-order valence-corrected chi connectivity index (χ0v) is 13.6. The van der Waals surface area contributed by atoms with Crippen LogP contribution >= 0.6 is 0 Å². The van der Waals surface area contributed by atoms with Crippen molar-refractivity contribution in [1.82, 2.24) is 19.0 Å². The van der Waals surface area contributed by atoms with E-state index in [9.17, 15) is 8.42 Å². The van der Waals surface area contributed by atoms with Crippen LogP contribution in [-0.2, 0) is 16.7 Å². The average molecular weight is 300 g/mol. The molecule has 20 heavy (non-hydrogen) atoms. The molecular weight excluding hydrogens is 276 g/mol. The molecule has 0 aromatic carbocycles. The number of hydrogen-bond donors (Lipinski definition) is 0. The summed E-state index contributed by atoms with van der Waals surface area (Å²) in [7, 11) is -0.323. The molecule has 1 aliphatic rings. The lowest BCUT2D eigenvalue weighted by Crippen LogP contribution is -2.32. The van der Waals surface area contributed by atoms with Crippen molar-refractivity contribution in [2.75, 3.05) is 27.2 Å². The number of hydrogen-bond acceptors (Lipinski definition) is 4. The van der Waals surface area contributed by atoms with E-state index in [4.69, 9.17) is 0 Å². The van der Waals surface area contributed by atoms with Gasteiger partial charge in [0.2, 0.25) is 10.0 Å². The smallest absolute Gasteiger partial charge is 0.246 e. The highest BCUT2D eigenvalue weighted by atomic mass is 32.2. The van der Waals surface area contributed by atoms with E-state index in [1.165, 1.54) is 23.6 Å². The number of aryl methyl sites for hydroxylation is 1. The van der Waals surface area contributed by atoms with E-state index in [0.29, 0.717) is 17.3 Å². The Morgan fingerprint density at radius 2 is 1.75 bits per heavy atom. The molecular formula is C13H24N4O2S. The molecule has 0 amide bonds. The van der Waals surface area contributed by atoms with E-state index in [0.717, 1.165) is 18.8 Å². The first-order valence-electron chi connectivity index (χ1n) is 7.03. The van der Waals surface area contributed by atoms with Crippen molar-refractivity contribution in [2.45, 2.75) is 44.7 Å². The van der Waals surface area contributed by atoms with Crippen LogP contribution in [0.4, 0.5) is 0 Å². The maximum absolute atomic E-state index is 12.3. The lowest BCUT2D eigenvalue weighted by atomic mass is 10.1. The SMILES string of the molecule is Cc1nn(CN2CCCCC2)c(C)c1S(=O)(=O)N(C)C. The molecule has 0 aliphatic carbocycles. The summed E-state index contributed by atoms with van der Waals surface area (Å²) < 4.78 is 27.7. The van der Waals surface area contributed by atoms with Crippen LogP contribution in [0.2, 0.25) is 0 Å². The number of piperidine rings is 1. The van der Waals surface area contributed by atoms with Gasteiger partial charge in [-0.25, -0.2) is 12.7 Å². The summed E-state index contributed by atoms with van der Waals surface area (Å²) in [5.74, 6) is 0. The van der Waals surface area contributed by atoms with Crippen LogP contribution in [0.1, 0.15) is 30.7 Å². The molecule has 6 nitrogen and oxygen atoms in total. The topological polar surface area (TPSA) is 58.4 Å². The summed E-state index contributed by atoms with van der Waals surface area (Å²) in [4.78, 5) is 2.68. The van der Waals surface area contributed by atoms with Crippen molar-refractivity contribution < 1.29 is 8.42 Å². The molecule has 0 N–H and O–H groups in total. The van der Waals surface area contributed by atoms with Gasteiger partial charge in [0, 0.05) is 14.1 Å². The number of likely N-dealkylation sites (tertiary alicyclic amines) is 1. The third-order valence-electron chi connectivity index (χ3n) is 3.84. The standard InChI is InChI=1S/C13H24N4O2S/c1-11-13(20(18,19)15(3)4)12(2)17(14-11)10-16-8-6-5-7-9-16/h5-10H2,1-4H3. The second kappa shape index (κ2) is 5.83. The Kier molecular flexibility index (Phi) is 4.51. The zero-order chi connectivity index (χ0) is 14.9. The van der Waals surface area contributed by atoms with Gasteiger partial charge >= 0.3 is 0 Å². The minimum atomic E-state index is -3.43. The van der Waals surface area contributed by atoms with Crippen molar-refractivity contribution in [1.29, 1.82) is 0 Å². The van der Waals surface area contributed by atoms with Gasteiger partial charge < -0.3 is 0 Å². The molecule has 0 unspecified atom stereocenters. The maximum Gasteiger partial charge on any atom is 0.246 e. The van der Waals surface area contributed by atoms with Gasteiger partial charge in [0.05, 0.1) is 18.1 Å². The van der Waals surface area contributed by atoms with E-state index >= 15 is 0 Å². The Morgan fingerprint density at radius 1 is 1.15 bits per heavy atom. The predicted molar refractivity (Wildman–Crippen MR) is 78.0 cm³/mol. The van der Waals surface area contributed by atoms with Crippen LogP contribution in [0.5, 0.6) is 0 Å². The number of aromatic nitrogens is 2. The van der Waals surface area contributed by atoms with Gasteiger partial charge in [-0.3, -0.25) is 9.58 Å². The Bertz CT molecular complexity index is 571. The molecule has 114 valence electrons. The molecule has 0 radical (unpaired) electrons. The molecule has 2 heterocycles. The van der Waals surface area contributed by atoms with E-state index in [1.54, 1.807) is 21.0 Å². The number of rotatable bonds is 4. The van der Waals surface area contributed by atoms with Gasteiger partial charge in [0.1, 0.15) is 4.90 Å². The summed E-state index contributed by atoms with van der Waals surface area (Å²) in [5, 5.41) is 4.42. The van der Waals surface area contributed by atoms with Crippen molar-refractivity contribution in [3.63, 3.8) is 0 Å². The first kappa shape index (κ1) is 15.5. The molecule has 0 spiro atoms. The monoisotopic (exact) mass is 300 g/mol. The molecule has 0 bridgehead atoms. The van der Waals surface area contributed by atoms with Crippen LogP contribution in [-0.4, -0.2) is 54.6 Å². The van der Waals surface area contributed by atoms with Crippen molar-refractivity contribution in [3.8, 4) is 0 Å². The van der Waals surface area contributed by atoms with Gasteiger partial charge in [-0.2, -0.15) is 5.10 Å². The molecule has 0 saturated carbocycles. The molecule has 1 fully saturated rings. The molecule has 1 aromatic heterocycles. The fraction of sp³-hybridized carbons (Fsp3) is 0.769. The van der Waals surface area contributed by atoms with Crippen molar-refractivity contribution in [2.24, 2.45) is 0 Å². The predicted octanol–water partition coefficient (Wildman–Crippen LogP) is 1.19. The average Bonchev–Trinajstić information content (AvgIpc) is 2.65. The summed E-state index contributed by atoms with van der Waals surface area (Å²) in [5.41, 5.74) is 1.30. The minimum absolute atomic E-state index is 0.347. The highest BCUT2D eigenvalue weighted by molar-refractivity contribution is 7.89. The van der Waals surface area contributed by atoms with Crippen LogP contribution in [0, 0.1) is 13.8 Å². The number of nitrogens with zero attached hydrogens (tertiary/aromatic N) is 4. The highest BCUT2D eigenvalue weighted by Gasteiger charge is 2.27. The third kappa shape index (κ3) is 2.89. The lowest BCUT2D eigenvalue weighted by Gasteiger charge is -2.26. The number of sulfonamides is 1. The molecule has 1 saturated heterocycles. The van der Waals surface area contributed by atoms with Gasteiger partial charge in [0.25, 0.3) is 0 Å². The largest absolute Gasteiger partial charge is 0.284 e. The molecule has 7 heteroatoms. The Hall–Kier alpha value is -0.920. The quantitative estimate of drug-likeness (QED) is 0.838. The second-order valence-corrected chi connectivity index (χ2v) is 7.70. The first-order valence-corrected chi connectivity index (χ1v) is 8.47. The van der Waals surface area contributed by atoms with Gasteiger partial charge in [0.15, 0.2) is 0 Å². The van der Waals surface area contributed by atoms with Gasteiger partial charge in [-0.15, -0.1) is 0 Å². The highest BCUT2D eigenvalue weighted by Crippen LogP contribution is 2.22. The van der Waals surface area contributed by atoms with Crippen molar-refractivity contribution in [3.05, 3.63) is 11.4 Å². The van der Waals surface area contributed by atoms with Crippen LogP contribution in [0.15, 0.2) is 4.90 Å². The second-order valence-electron chi connectivity index (χ2n) is 5.61. The van der Waals surface area contributed by atoms with E-state index < -0.39 is 10.0 Å². The fourth-order valence-electron chi connectivity index (χ4n) is 2.66. The fourth-order valence-corrected chi connectivity index (χ4v) is 3.92.